The largest absolute Gasteiger partial charge is 0.466 e. The maximum absolute atomic E-state index is 13.4. The molecular weight excluding hydrogens is 301 g/mol. The van der Waals surface area contributed by atoms with Crippen LogP contribution in [-0.4, -0.2) is 30.7 Å². The molecule has 0 aliphatic rings. The number of aromatic nitrogens is 3. The lowest BCUT2D eigenvalue weighted by Gasteiger charge is -2.07. The smallest absolute Gasteiger partial charge is 0.336 e. The van der Waals surface area contributed by atoms with Crippen molar-refractivity contribution in [2.45, 2.75) is 4.90 Å². The molecular formula is C9H7F3N4O3S. The third kappa shape index (κ3) is 2.66. The maximum atomic E-state index is 13.4. The number of methoxy groups -OCH3 is 1. The van der Waals surface area contributed by atoms with Gasteiger partial charge in [-0.05, 0) is 0 Å². The van der Waals surface area contributed by atoms with Crippen LogP contribution in [0.5, 0.6) is 6.01 Å². The van der Waals surface area contributed by atoms with Gasteiger partial charge in [0.1, 0.15) is 17.5 Å². The number of sulfonamides is 1. The predicted octanol–water partition coefficient (Wildman–Crippen LogP) is 1.03. The molecule has 0 amide bonds. The normalized spacial score (nSPS) is 11.4. The summed E-state index contributed by atoms with van der Waals surface area (Å²) in [5.74, 6) is -4.78. The van der Waals surface area contributed by atoms with Crippen LogP contribution < -0.4 is 9.46 Å². The molecule has 2 aromatic rings. The highest BCUT2D eigenvalue weighted by Gasteiger charge is 2.26. The van der Waals surface area contributed by atoms with Crippen LogP contribution in [0, 0.1) is 17.5 Å². The van der Waals surface area contributed by atoms with Gasteiger partial charge in [0.2, 0.25) is 5.95 Å². The molecule has 7 nitrogen and oxygen atoms in total. The Morgan fingerprint density at radius 1 is 1.25 bits per heavy atom. The molecule has 0 aliphatic carbocycles. The van der Waals surface area contributed by atoms with Crippen molar-refractivity contribution in [1.29, 1.82) is 0 Å². The van der Waals surface area contributed by atoms with Crippen molar-refractivity contribution in [3.05, 3.63) is 29.6 Å². The molecule has 0 radical (unpaired) electrons. The van der Waals surface area contributed by atoms with Gasteiger partial charge < -0.3 is 4.74 Å². The van der Waals surface area contributed by atoms with Crippen molar-refractivity contribution in [3.8, 4) is 6.01 Å². The van der Waals surface area contributed by atoms with Gasteiger partial charge >= 0.3 is 6.01 Å². The summed E-state index contributed by atoms with van der Waals surface area (Å²) in [5, 5.41) is 5.58. The molecule has 1 heterocycles. The second-order valence-electron chi connectivity index (χ2n) is 3.47. The molecule has 0 fully saturated rings. The Labute approximate surface area is 110 Å². The highest BCUT2D eigenvalue weighted by Crippen LogP contribution is 2.22. The van der Waals surface area contributed by atoms with Gasteiger partial charge in [-0.3, -0.25) is 0 Å². The summed E-state index contributed by atoms with van der Waals surface area (Å²) in [6, 6.07) is 0.319. The van der Waals surface area contributed by atoms with Crippen molar-refractivity contribution in [2.75, 3.05) is 11.8 Å². The number of anilines is 1. The minimum absolute atomic E-state index is 0.178. The Morgan fingerprint density at radius 2 is 1.85 bits per heavy atom. The summed E-state index contributed by atoms with van der Waals surface area (Å²) in [6.07, 6.45) is 0. The zero-order chi connectivity index (χ0) is 14.9. The summed E-state index contributed by atoms with van der Waals surface area (Å²) < 4.78 is 69.5. The van der Waals surface area contributed by atoms with Crippen LogP contribution in [0.2, 0.25) is 0 Å². The average Bonchev–Trinajstić information content (AvgIpc) is 2.73. The molecule has 0 aliphatic heterocycles. The number of nitrogens with one attached hydrogen (secondary N) is 2. The molecule has 0 atom stereocenters. The van der Waals surface area contributed by atoms with Crippen LogP contribution >= 0.6 is 0 Å². The minimum atomic E-state index is -4.64. The molecule has 11 heteroatoms. The monoisotopic (exact) mass is 308 g/mol. The molecule has 2 N–H and O–H groups in total. The Kier molecular flexibility index (Phi) is 3.53. The molecule has 108 valence electrons. The number of hydrogen-bond donors (Lipinski definition) is 2. The number of benzene rings is 1. The van der Waals surface area contributed by atoms with Gasteiger partial charge in [-0.2, -0.15) is 4.98 Å². The molecule has 2 rings (SSSR count). The van der Waals surface area contributed by atoms with Crippen molar-refractivity contribution < 1.29 is 26.3 Å². The van der Waals surface area contributed by atoms with E-state index in [1.807, 2.05) is 0 Å². The van der Waals surface area contributed by atoms with E-state index in [0.717, 1.165) is 0 Å². The van der Waals surface area contributed by atoms with Crippen LogP contribution in [0.15, 0.2) is 17.0 Å². The van der Waals surface area contributed by atoms with Crippen molar-refractivity contribution in [1.82, 2.24) is 15.2 Å². The van der Waals surface area contributed by atoms with Crippen LogP contribution in [0.3, 0.4) is 0 Å². The number of nitrogens with zero attached hydrogens (tertiary/aromatic N) is 2. The predicted molar refractivity (Wildman–Crippen MR) is 60.1 cm³/mol. The van der Waals surface area contributed by atoms with Gasteiger partial charge in [-0.15, -0.1) is 5.10 Å². The second kappa shape index (κ2) is 5.00. The van der Waals surface area contributed by atoms with Crippen LogP contribution in [0.4, 0.5) is 19.1 Å². The van der Waals surface area contributed by atoms with Crippen LogP contribution in [-0.2, 0) is 10.0 Å². The second-order valence-corrected chi connectivity index (χ2v) is 5.09. The average molecular weight is 308 g/mol. The fourth-order valence-corrected chi connectivity index (χ4v) is 2.43. The first-order chi connectivity index (χ1) is 9.33. The van der Waals surface area contributed by atoms with Gasteiger partial charge in [-0.1, -0.05) is 0 Å². The standard InChI is InChI=1S/C9H7F3N4O3S/c1-19-9-13-8(14-15-9)16-20(17,18)7-5(11)2-4(10)3-6(7)12/h2-3H,1H3,(H2,13,14,15,16). The first-order valence-corrected chi connectivity index (χ1v) is 6.45. The number of ether oxygens (including phenoxy) is 1. The number of hydrogen-bond acceptors (Lipinski definition) is 5. The Hall–Kier alpha value is -2.30. The molecule has 1 aromatic carbocycles. The van der Waals surface area contributed by atoms with Gasteiger partial charge in [0.25, 0.3) is 10.0 Å². The number of rotatable bonds is 4. The van der Waals surface area contributed by atoms with E-state index in [-0.39, 0.29) is 18.1 Å². The summed E-state index contributed by atoms with van der Waals surface area (Å²) in [6.45, 7) is 0. The fourth-order valence-electron chi connectivity index (χ4n) is 1.35. The van der Waals surface area contributed by atoms with Gasteiger partial charge in [0, 0.05) is 12.1 Å². The minimum Gasteiger partial charge on any atom is -0.466 e. The summed E-state index contributed by atoms with van der Waals surface area (Å²) in [5.41, 5.74) is 0. The lowest BCUT2D eigenvalue weighted by molar-refractivity contribution is 0.382. The lowest BCUT2D eigenvalue weighted by atomic mass is 10.3. The van der Waals surface area contributed by atoms with E-state index in [0.29, 0.717) is 0 Å². The highest BCUT2D eigenvalue weighted by molar-refractivity contribution is 7.92. The zero-order valence-corrected chi connectivity index (χ0v) is 10.6. The SMILES string of the molecule is COc1n[nH]c(NS(=O)(=O)c2c(F)cc(F)cc2F)n1. The van der Waals surface area contributed by atoms with E-state index in [4.69, 9.17) is 0 Å². The molecule has 0 saturated carbocycles. The third-order valence-corrected chi connectivity index (χ3v) is 3.50. The first kappa shape index (κ1) is 14.1. The highest BCUT2D eigenvalue weighted by atomic mass is 32.2. The van der Waals surface area contributed by atoms with Crippen molar-refractivity contribution in [3.63, 3.8) is 0 Å². The quantitative estimate of drug-likeness (QED) is 0.879. The summed E-state index contributed by atoms with van der Waals surface area (Å²) in [4.78, 5) is 2.19. The summed E-state index contributed by atoms with van der Waals surface area (Å²) >= 11 is 0. The van der Waals surface area contributed by atoms with E-state index in [1.54, 1.807) is 4.72 Å². The first-order valence-electron chi connectivity index (χ1n) is 4.97. The van der Waals surface area contributed by atoms with Gasteiger partial charge in [0.05, 0.1) is 7.11 Å². The van der Waals surface area contributed by atoms with E-state index in [1.165, 1.54) is 7.11 Å². The van der Waals surface area contributed by atoms with Crippen LogP contribution in [0.1, 0.15) is 0 Å². The Balaban J connectivity index is 2.40. The zero-order valence-electron chi connectivity index (χ0n) is 9.82. The van der Waals surface area contributed by atoms with E-state index in [9.17, 15) is 21.6 Å². The molecule has 0 bridgehead atoms. The number of H-pyrrole nitrogens is 1. The van der Waals surface area contributed by atoms with Crippen molar-refractivity contribution >= 4 is 16.0 Å². The third-order valence-electron chi connectivity index (χ3n) is 2.11. The topological polar surface area (TPSA) is 97.0 Å². The number of halogens is 3. The Bertz CT molecular complexity index is 724. The molecule has 0 saturated heterocycles. The number of aromatic amines is 1. The Morgan fingerprint density at radius 3 is 2.35 bits per heavy atom. The van der Waals surface area contributed by atoms with Crippen molar-refractivity contribution in [2.24, 2.45) is 0 Å². The van der Waals surface area contributed by atoms with E-state index >= 15 is 0 Å². The molecule has 0 unspecified atom stereocenters. The van der Waals surface area contributed by atoms with Crippen LogP contribution in [0.25, 0.3) is 0 Å². The summed E-state index contributed by atoms with van der Waals surface area (Å²) in [7, 11) is -3.41. The molecule has 20 heavy (non-hydrogen) atoms. The van der Waals surface area contributed by atoms with Gasteiger partial charge in [-0.25, -0.2) is 31.4 Å². The fraction of sp³-hybridized carbons (Fsp3) is 0.111. The molecule has 0 spiro atoms. The van der Waals surface area contributed by atoms with E-state index < -0.39 is 38.3 Å². The van der Waals surface area contributed by atoms with E-state index in [2.05, 4.69) is 19.9 Å². The van der Waals surface area contributed by atoms with Gasteiger partial charge in [0.15, 0.2) is 4.90 Å². The molecule has 1 aromatic heterocycles. The lowest BCUT2D eigenvalue weighted by Crippen LogP contribution is -2.17. The maximum Gasteiger partial charge on any atom is 0.336 e.